The minimum Gasteiger partial charge on any atom is -0.325 e. The van der Waals surface area contributed by atoms with Crippen molar-refractivity contribution < 1.29 is 9.59 Å². The normalized spacial score (nSPS) is 10.3. The van der Waals surface area contributed by atoms with Gasteiger partial charge in [0.15, 0.2) is 0 Å². The van der Waals surface area contributed by atoms with E-state index in [0.717, 1.165) is 16.8 Å². The van der Waals surface area contributed by atoms with E-state index in [2.05, 4.69) is 10.6 Å². The van der Waals surface area contributed by atoms with Gasteiger partial charge in [0.2, 0.25) is 11.8 Å². The van der Waals surface area contributed by atoms with Crippen molar-refractivity contribution in [3.8, 4) is 0 Å². The monoisotopic (exact) mass is 362 g/mol. The highest BCUT2D eigenvalue weighted by atomic mass is 35.5. The molecule has 0 radical (unpaired) electrons. The Kier molecular flexibility index (Phi) is 6.70. The molecule has 2 N–H and O–H groups in total. The van der Waals surface area contributed by atoms with E-state index in [1.165, 1.54) is 11.8 Å². The number of benzene rings is 2. The predicted octanol–water partition coefficient (Wildman–Crippen LogP) is 4.27. The lowest BCUT2D eigenvalue weighted by molar-refractivity contribution is -0.114. The fourth-order valence-corrected chi connectivity index (χ4v) is 2.85. The summed E-state index contributed by atoms with van der Waals surface area (Å²) in [6.07, 6.45) is 0. The molecule has 0 aliphatic carbocycles. The molecular weight excluding hydrogens is 344 g/mol. The van der Waals surface area contributed by atoms with Gasteiger partial charge in [-0.05, 0) is 49.7 Å². The largest absolute Gasteiger partial charge is 0.325 e. The molecule has 0 heterocycles. The summed E-state index contributed by atoms with van der Waals surface area (Å²) in [6, 6.07) is 12.7. The molecule has 0 aromatic heterocycles. The van der Waals surface area contributed by atoms with Gasteiger partial charge in [0.25, 0.3) is 0 Å². The Hall–Kier alpha value is -1.98. The van der Waals surface area contributed by atoms with Crippen molar-refractivity contribution in [2.24, 2.45) is 0 Å². The van der Waals surface area contributed by atoms with Gasteiger partial charge in [-0.15, -0.1) is 11.8 Å². The van der Waals surface area contributed by atoms with Crippen LogP contribution in [0.5, 0.6) is 0 Å². The van der Waals surface area contributed by atoms with E-state index < -0.39 is 0 Å². The second kappa shape index (κ2) is 8.76. The number of thioether (sulfide) groups is 1. The lowest BCUT2D eigenvalue weighted by Gasteiger charge is -2.09. The first-order valence-electron chi connectivity index (χ1n) is 7.44. The van der Waals surface area contributed by atoms with Gasteiger partial charge in [-0.2, -0.15) is 0 Å². The van der Waals surface area contributed by atoms with Crippen molar-refractivity contribution in [1.82, 2.24) is 0 Å². The number of hydrogen-bond donors (Lipinski definition) is 2. The number of anilines is 2. The number of rotatable bonds is 6. The van der Waals surface area contributed by atoms with Gasteiger partial charge in [0, 0.05) is 16.4 Å². The van der Waals surface area contributed by atoms with Crippen LogP contribution in [-0.4, -0.2) is 23.3 Å². The second-order valence-electron chi connectivity index (χ2n) is 5.41. The van der Waals surface area contributed by atoms with Crippen LogP contribution >= 0.6 is 23.4 Å². The first-order valence-corrected chi connectivity index (χ1v) is 8.97. The summed E-state index contributed by atoms with van der Waals surface area (Å²) in [7, 11) is 0. The van der Waals surface area contributed by atoms with Crippen molar-refractivity contribution >= 4 is 46.6 Å². The van der Waals surface area contributed by atoms with Crippen LogP contribution in [0.2, 0.25) is 5.02 Å². The smallest absolute Gasteiger partial charge is 0.234 e. The highest BCUT2D eigenvalue weighted by Gasteiger charge is 2.08. The van der Waals surface area contributed by atoms with E-state index in [-0.39, 0.29) is 23.3 Å². The molecule has 4 nitrogen and oxygen atoms in total. The van der Waals surface area contributed by atoms with E-state index in [9.17, 15) is 9.59 Å². The first kappa shape index (κ1) is 18.4. The third-order valence-electron chi connectivity index (χ3n) is 3.25. The van der Waals surface area contributed by atoms with Crippen LogP contribution in [0.3, 0.4) is 0 Å². The molecule has 0 bridgehead atoms. The molecule has 6 heteroatoms. The molecule has 0 aliphatic heterocycles. The summed E-state index contributed by atoms with van der Waals surface area (Å²) < 4.78 is 0. The minimum atomic E-state index is -0.151. The molecule has 0 spiro atoms. The van der Waals surface area contributed by atoms with Crippen molar-refractivity contribution in [1.29, 1.82) is 0 Å². The minimum absolute atomic E-state index is 0.119. The Balaban J connectivity index is 1.73. The number of halogens is 1. The molecule has 2 amide bonds. The van der Waals surface area contributed by atoms with Gasteiger partial charge >= 0.3 is 0 Å². The van der Waals surface area contributed by atoms with Gasteiger partial charge in [-0.3, -0.25) is 9.59 Å². The maximum Gasteiger partial charge on any atom is 0.234 e. The van der Waals surface area contributed by atoms with E-state index in [0.29, 0.717) is 10.7 Å². The quantitative estimate of drug-likeness (QED) is 0.806. The molecule has 0 unspecified atom stereocenters. The first-order chi connectivity index (χ1) is 11.4. The van der Waals surface area contributed by atoms with E-state index in [1.807, 2.05) is 32.0 Å². The van der Waals surface area contributed by atoms with Gasteiger partial charge in [0.05, 0.1) is 11.5 Å². The Morgan fingerprint density at radius 3 is 2.21 bits per heavy atom. The van der Waals surface area contributed by atoms with Crippen LogP contribution in [-0.2, 0) is 9.59 Å². The number of nitrogens with one attached hydrogen (secondary N) is 2. The molecule has 126 valence electrons. The molecule has 0 saturated carbocycles. The summed E-state index contributed by atoms with van der Waals surface area (Å²) in [5.74, 6) is 0.164. The fraction of sp³-hybridized carbons (Fsp3) is 0.222. The van der Waals surface area contributed by atoms with Crippen molar-refractivity contribution in [3.05, 3.63) is 58.6 Å². The lowest BCUT2D eigenvalue weighted by Crippen LogP contribution is -2.18. The van der Waals surface area contributed by atoms with E-state index >= 15 is 0 Å². The molecular formula is C18H19ClN2O2S. The Bertz CT molecular complexity index is 732. The summed E-state index contributed by atoms with van der Waals surface area (Å²) in [5, 5.41) is 6.23. The SMILES string of the molecule is Cc1ccc(NC(=O)CSCC(=O)Nc2ccc(Cl)cc2)c(C)c1. The number of amides is 2. The molecule has 0 atom stereocenters. The third kappa shape index (κ3) is 5.91. The van der Waals surface area contributed by atoms with Crippen LogP contribution in [0, 0.1) is 13.8 Å². The van der Waals surface area contributed by atoms with Crippen molar-refractivity contribution in [2.45, 2.75) is 13.8 Å². The number of carbonyl (C=O) groups excluding carboxylic acids is 2. The van der Waals surface area contributed by atoms with Crippen molar-refractivity contribution in [3.63, 3.8) is 0 Å². The van der Waals surface area contributed by atoms with Gasteiger partial charge in [0.1, 0.15) is 0 Å². The topological polar surface area (TPSA) is 58.2 Å². The number of aryl methyl sites for hydroxylation is 2. The average molecular weight is 363 g/mol. The van der Waals surface area contributed by atoms with Crippen molar-refractivity contribution in [2.75, 3.05) is 22.1 Å². The van der Waals surface area contributed by atoms with E-state index in [4.69, 9.17) is 11.6 Å². The summed E-state index contributed by atoms with van der Waals surface area (Å²) in [6.45, 7) is 3.96. The van der Waals surface area contributed by atoms with Gasteiger partial charge in [-0.25, -0.2) is 0 Å². The zero-order chi connectivity index (χ0) is 17.5. The highest BCUT2D eigenvalue weighted by Crippen LogP contribution is 2.17. The van der Waals surface area contributed by atoms with Gasteiger partial charge in [-0.1, -0.05) is 29.3 Å². The highest BCUT2D eigenvalue weighted by molar-refractivity contribution is 8.00. The second-order valence-corrected chi connectivity index (χ2v) is 6.84. The molecule has 0 aliphatic rings. The molecule has 2 aromatic carbocycles. The zero-order valence-electron chi connectivity index (χ0n) is 13.6. The summed E-state index contributed by atoms with van der Waals surface area (Å²) >= 11 is 7.06. The summed E-state index contributed by atoms with van der Waals surface area (Å²) in [5.41, 5.74) is 3.66. The molecule has 0 fully saturated rings. The number of carbonyl (C=O) groups is 2. The zero-order valence-corrected chi connectivity index (χ0v) is 15.1. The third-order valence-corrected chi connectivity index (χ3v) is 4.43. The Labute approximate surface area is 151 Å². The van der Waals surface area contributed by atoms with Crippen LogP contribution in [0.25, 0.3) is 0 Å². The average Bonchev–Trinajstić information content (AvgIpc) is 2.52. The predicted molar refractivity (Wildman–Crippen MR) is 102 cm³/mol. The maximum atomic E-state index is 11.9. The van der Waals surface area contributed by atoms with Crippen LogP contribution in [0.1, 0.15) is 11.1 Å². The van der Waals surface area contributed by atoms with E-state index in [1.54, 1.807) is 24.3 Å². The standard InChI is InChI=1S/C18H19ClN2O2S/c1-12-3-8-16(13(2)9-12)21-18(23)11-24-10-17(22)20-15-6-4-14(19)5-7-15/h3-9H,10-11H2,1-2H3,(H,20,22)(H,21,23). The Morgan fingerprint density at radius 1 is 0.958 bits per heavy atom. The summed E-state index contributed by atoms with van der Waals surface area (Å²) in [4.78, 5) is 23.8. The molecule has 2 rings (SSSR count). The Morgan fingerprint density at radius 2 is 1.58 bits per heavy atom. The van der Waals surface area contributed by atoms with Crippen LogP contribution < -0.4 is 10.6 Å². The fourth-order valence-electron chi connectivity index (χ4n) is 2.11. The maximum absolute atomic E-state index is 11.9. The molecule has 24 heavy (non-hydrogen) atoms. The van der Waals surface area contributed by atoms with Crippen LogP contribution in [0.15, 0.2) is 42.5 Å². The van der Waals surface area contributed by atoms with Crippen LogP contribution in [0.4, 0.5) is 11.4 Å². The van der Waals surface area contributed by atoms with Gasteiger partial charge < -0.3 is 10.6 Å². The lowest BCUT2D eigenvalue weighted by atomic mass is 10.1. The number of hydrogen-bond acceptors (Lipinski definition) is 3. The molecule has 2 aromatic rings. The molecule has 0 saturated heterocycles.